The van der Waals surface area contributed by atoms with E-state index in [9.17, 15) is 9.59 Å². The highest BCUT2D eigenvalue weighted by Crippen LogP contribution is 2.38. The number of methoxy groups -OCH3 is 3. The number of unbranched alkanes of at least 4 members (excludes halogenated alkanes) is 2. The lowest BCUT2D eigenvalue weighted by Crippen LogP contribution is -2.54. The number of carbonyl (C=O) groups excluding carboxylic acids is 2. The van der Waals surface area contributed by atoms with E-state index in [-0.39, 0.29) is 23.9 Å². The third kappa shape index (κ3) is 8.28. The minimum Gasteiger partial charge on any atom is -0.493 e. The molecule has 0 aromatic heterocycles. The molecule has 1 aliphatic heterocycles. The van der Waals surface area contributed by atoms with Gasteiger partial charge in [-0.25, -0.2) is 4.79 Å². The van der Waals surface area contributed by atoms with E-state index in [1.54, 1.807) is 12.1 Å². The lowest BCUT2D eigenvalue weighted by Gasteiger charge is -2.39. The van der Waals surface area contributed by atoms with Crippen LogP contribution in [0.4, 0.5) is 4.79 Å². The highest BCUT2D eigenvalue weighted by Gasteiger charge is 2.31. The number of hydrogen-bond donors (Lipinski definition) is 3. The van der Waals surface area contributed by atoms with Gasteiger partial charge >= 0.3 is 6.03 Å². The van der Waals surface area contributed by atoms with Crippen molar-refractivity contribution in [2.24, 2.45) is 5.92 Å². The molecule has 1 heterocycles. The molecule has 0 saturated carbocycles. The van der Waals surface area contributed by atoms with Crippen molar-refractivity contribution in [1.29, 1.82) is 0 Å². The van der Waals surface area contributed by atoms with Crippen LogP contribution in [0.2, 0.25) is 0 Å². The Labute approximate surface area is 226 Å². The van der Waals surface area contributed by atoms with E-state index in [0.29, 0.717) is 35.9 Å². The molecule has 2 aromatic carbocycles. The molecule has 0 spiro atoms. The largest absolute Gasteiger partial charge is 0.493 e. The van der Waals surface area contributed by atoms with Gasteiger partial charge in [-0.2, -0.15) is 0 Å². The second-order valence-corrected chi connectivity index (χ2v) is 9.61. The van der Waals surface area contributed by atoms with Crippen LogP contribution in [0.5, 0.6) is 17.2 Å². The monoisotopic (exact) mass is 526 g/mol. The second kappa shape index (κ2) is 15.1. The van der Waals surface area contributed by atoms with Gasteiger partial charge in [0.1, 0.15) is 0 Å². The van der Waals surface area contributed by atoms with E-state index in [2.05, 4.69) is 39.9 Å². The van der Waals surface area contributed by atoms with Gasteiger partial charge in [0.05, 0.1) is 21.3 Å². The Morgan fingerprint density at radius 3 is 2.32 bits per heavy atom. The highest BCUT2D eigenvalue weighted by molar-refractivity contribution is 5.95. The van der Waals surface area contributed by atoms with Crippen molar-refractivity contribution in [2.45, 2.75) is 45.2 Å². The lowest BCUT2D eigenvalue weighted by molar-refractivity contribution is 0.0845. The third-order valence-electron chi connectivity index (χ3n) is 6.90. The van der Waals surface area contributed by atoms with E-state index in [0.717, 1.165) is 45.3 Å². The number of amides is 3. The molecule has 38 heavy (non-hydrogen) atoms. The molecule has 0 bridgehead atoms. The van der Waals surface area contributed by atoms with Crippen LogP contribution in [0.1, 0.15) is 48.5 Å². The van der Waals surface area contributed by atoms with Gasteiger partial charge in [0.15, 0.2) is 11.5 Å². The Kier molecular flexibility index (Phi) is 11.5. The van der Waals surface area contributed by atoms with Crippen LogP contribution in [0.3, 0.4) is 0 Å². The smallest absolute Gasteiger partial charge is 0.314 e. The fourth-order valence-electron chi connectivity index (χ4n) is 4.82. The van der Waals surface area contributed by atoms with Gasteiger partial charge in [0, 0.05) is 50.2 Å². The molecule has 1 saturated heterocycles. The Balaban J connectivity index is 1.69. The summed E-state index contributed by atoms with van der Waals surface area (Å²) in [5.74, 6) is 1.10. The molecule has 2 atom stereocenters. The van der Waals surface area contributed by atoms with Crippen LogP contribution >= 0.6 is 0 Å². The standard InChI is InChI=1S/C29H42N4O5/c1-5-6-10-14-30-29(35)31-18-23-20-33(19-21-11-8-7-9-12-21)15-13-24(23)32-28(34)22-16-25(36-2)27(38-4)26(17-22)37-3/h7-9,11-12,16-17,23-24H,5-6,10,13-15,18-20H2,1-4H3,(H,32,34)(H2,30,31,35)/t23-,24-/m0/s1. The number of hydrogen-bond acceptors (Lipinski definition) is 6. The second-order valence-electron chi connectivity index (χ2n) is 9.61. The summed E-state index contributed by atoms with van der Waals surface area (Å²) in [6.45, 7) is 5.68. The normalized spacial score (nSPS) is 17.4. The first-order valence-corrected chi connectivity index (χ1v) is 13.4. The third-order valence-corrected chi connectivity index (χ3v) is 6.90. The quantitative estimate of drug-likeness (QED) is 0.343. The summed E-state index contributed by atoms with van der Waals surface area (Å²) >= 11 is 0. The Morgan fingerprint density at radius 2 is 1.68 bits per heavy atom. The Hall–Kier alpha value is -3.46. The summed E-state index contributed by atoms with van der Waals surface area (Å²) in [6, 6.07) is 13.4. The summed E-state index contributed by atoms with van der Waals surface area (Å²) in [7, 11) is 4.58. The molecule has 0 radical (unpaired) electrons. The summed E-state index contributed by atoms with van der Waals surface area (Å²) in [5.41, 5.74) is 1.67. The van der Waals surface area contributed by atoms with E-state index in [1.807, 2.05) is 18.2 Å². The summed E-state index contributed by atoms with van der Waals surface area (Å²) in [4.78, 5) is 28.1. The topological polar surface area (TPSA) is 101 Å². The number of nitrogens with one attached hydrogen (secondary N) is 3. The summed E-state index contributed by atoms with van der Waals surface area (Å²) in [5, 5.41) is 9.16. The van der Waals surface area contributed by atoms with Crippen LogP contribution in [0.25, 0.3) is 0 Å². The predicted octanol–water partition coefficient (Wildman–Crippen LogP) is 3.82. The maximum absolute atomic E-state index is 13.3. The first kappa shape index (κ1) is 29.1. The fourth-order valence-corrected chi connectivity index (χ4v) is 4.82. The first-order valence-electron chi connectivity index (χ1n) is 13.4. The van der Waals surface area contributed by atoms with Crippen molar-refractivity contribution < 1.29 is 23.8 Å². The van der Waals surface area contributed by atoms with Crippen LogP contribution in [0.15, 0.2) is 42.5 Å². The Bertz CT molecular complexity index is 1010. The molecule has 0 unspecified atom stereocenters. The van der Waals surface area contributed by atoms with Crippen molar-refractivity contribution >= 4 is 11.9 Å². The number of piperidine rings is 1. The molecule has 1 fully saturated rings. The lowest BCUT2D eigenvalue weighted by atomic mass is 9.91. The van der Waals surface area contributed by atoms with Crippen molar-refractivity contribution in [3.63, 3.8) is 0 Å². The number of likely N-dealkylation sites (tertiary alicyclic amines) is 1. The molecule has 3 N–H and O–H groups in total. The zero-order valence-corrected chi connectivity index (χ0v) is 23.0. The zero-order chi connectivity index (χ0) is 27.3. The molecule has 9 nitrogen and oxygen atoms in total. The van der Waals surface area contributed by atoms with Crippen molar-refractivity contribution in [2.75, 3.05) is 47.5 Å². The van der Waals surface area contributed by atoms with Gasteiger partial charge in [-0.15, -0.1) is 0 Å². The number of nitrogens with zero attached hydrogens (tertiary/aromatic N) is 1. The molecule has 0 aliphatic carbocycles. The molecular weight excluding hydrogens is 484 g/mol. The number of ether oxygens (including phenoxy) is 3. The molecule has 208 valence electrons. The van der Waals surface area contributed by atoms with Crippen molar-refractivity contribution in [3.05, 3.63) is 53.6 Å². The maximum atomic E-state index is 13.3. The van der Waals surface area contributed by atoms with Crippen LogP contribution in [-0.4, -0.2) is 70.4 Å². The fraction of sp³-hybridized carbons (Fsp3) is 0.517. The van der Waals surface area contributed by atoms with Gasteiger partial charge in [-0.3, -0.25) is 9.69 Å². The van der Waals surface area contributed by atoms with Crippen molar-refractivity contribution in [1.82, 2.24) is 20.9 Å². The van der Waals surface area contributed by atoms with E-state index in [1.165, 1.54) is 26.9 Å². The van der Waals surface area contributed by atoms with Gasteiger partial charge in [-0.1, -0.05) is 50.1 Å². The van der Waals surface area contributed by atoms with Crippen LogP contribution < -0.4 is 30.2 Å². The predicted molar refractivity (Wildman–Crippen MR) is 148 cm³/mol. The van der Waals surface area contributed by atoms with Gasteiger partial charge in [-0.05, 0) is 30.5 Å². The van der Waals surface area contributed by atoms with Gasteiger partial charge in [0.2, 0.25) is 5.75 Å². The number of carbonyl (C=O) groups is 2. The van der Waals surface area contributed by atoms with Crippen LogP contribution in [-0.2, 0) is 6.54 Å². The van der Waals surface area contributed by atoms with Gasteiger partial charge in [0.25, 0.3) is 5.91 Å². The minimum atomic E-state index is -0.222. The van der Waals surface area contributed by atoms with Crippen LogP contribution in [0, 0.1) is 5.92 Å². The summed E-state index contributed by atoms with van der Waals surface area (Å²) in [6.07, 6.45) is 3.93. The number of benzene rings is 2. The molecular formula is C29H42N4O5. The van der Waals surface area contributed by atoms with Crippen molar-refractivity contribution in [3.8, 4) is 17.2 Å². The zero-order valence-electron chi connectivity index (χ0n) is 23.0. The molecule has 9 heteroatoms. The van der Waals surface area contributed by atoms with E-state index >= 15 is 0 Å². The van der Waals surface area contributed by atoms with E-state index < -0.39 is 0 Å². The molecule has 3 amide bonds. The average Bonchev–Trinajstić information content (AvgIpc) is 2.94. The average molecular weight is 527 g/mol. The highest BCUT2D eigenvalue weighted by atomic mass is 16.5. The molecule has 3 rings (SSSR count). The Morgan fingerprint density at radius 1 is 0.974 bits per heavy atom. The summed E-state index contributed by atoms with van der Waals surface area (Å²) < 4.78 is 16.2. The molecule has 2 aromatic rings. The minimum absolute atomic E-state index is 0.0415. The maximum Gasteiger partial charge on any atom is 0.314 e. The van der Waals surface area contributed by atoms with E-state index in [4.69, 9.17) is 14.2 Å². The molecule has 1 aliphatic rings. The number of urea groups is 1. The SMILES string of the molecule is CCCCCNC(=O)NC[C@H]1CN(Cc2ccccc2)CC[C@@H]1NC(=O)c1cc(OC)c(OC)c(OC)c1. The number of rotatable bonds is 13. The first-order chi connectivity index (χ1) is 18.5. The van der Waals surface area contributed by atoms with Gasteiger partial charge < -0.3 is 30.2 Å².